The van der Waals surface area contributed by atoms with Crippen molar-refractivity contribution < 1.29 is 0 Å². The minimum Gasteiger partial charge on any atom is -0.0874 e. The highest BCUT2D eigenvalue weighted by Crippen LogP contribution is 1.95. The summed E-state index contributed by atoms with van der Waals surface area (Å²) in [6.45, 7) is 9.41. The van der Waals surface area contributed by atoms with Crippen LogP contribution in [-0.2, 0) is 0 Å². The van der Waals surface area contributed by atoms with E-state index in [4.69, 9.17) is 6.58 Å². The van der Waals surface area contributed by atoms with Gasteiger partial charge in [-0.1, -0.05) is 25.7 Å². The Morgan fingerprint density at radius 3 is 2.43 bits per heavy atom. The maximum absolute atomic E-state index is 5.41. The van der Waals surface area contributed by atoms with Crippen LogP contribution >= 0.6 is 0 Å². The predicted molar refractivity (Wildman–Crippen MR) is 32.9 cm³/mol. The molecule has 0 nitrogen and oxygen atoms in total. The third-order valence-corrected chi connectivity index (χ3v) is 0.789. The molecule has 0 aliphatic carbocycles. The Morgan fingerprint density at radius 2 is 2.29 bits per heavy atom. The van der Waals surface area contributed by atoms with Gasteiger partial charge in [0.05, 0.1) is 0 Å². The fourth-order valence-corrected chi connectivity index (χ4v) is 0.332. The van der Waals surface area contributed by atoms with Gasteiger partial charge in [-0.2, -0.15) is 0 Å². The molecule has 0 aromatic carbocycles. The predicted octanol–water partition coefficient (Wildman–Crippen LogP) is 2.33. The van der Waals surface area contributed by atoms with Gasteiger partial charge in [0, 0.05) is 0 Å². The molecular formula is C7H11. The molecule has 1 radical (unpaired) electrons. The number of allylic oxidation sites excluding steroid dienone is 3. The SMILES string of the molecule is [CH]=C(C=CC)CC. The highest BCUT2D eigenvalue weighted by molar-refractivity contribution is 5.10. The molecule has 0 saturated heterocycles. The van der Waals surface area contributed by atoms with Crippen molar-refractivity contribution in [3.63, 3.8) is 0 Å². The van der Waals surface area contributed by atoms with Crippen molar-refractivity contribution >= 4 is 0 Å². The Kier molecular flexibility index (Phi) is 3.39. The molecule has 0 bridgehead atoms. The van der Waals surface area contributed by atoms with E-state index in [1.807, 2.05) is 26.0 Å². The summed E-state index contributed by atoms with van der Waals surface area (Å²) < 4.78 is 0. The zero-order valence-electron chi connectivity index (χ0n) is 4.94. The second kappa shape index (κ2) is 3.66. The zero-order chi connectivity index (χ0) is 5.70. The average Bonchev–Trinajstić information content (AvgIpc) is 1.68. The van der Waals surface area contributed by atoms with Gasteiger partial charge in [-0.05, 0) is 18.9 Å². The van der Waals surface area contributed by atoms with E-state index in [-0.39, 0.29) is 0 Å². The van der Waals surface area contributed by atoms with E-state index in [9.17, 15) is 0 Å². The minimum atomic E-state index is 0.947. The average molecular weight is 95.2 g/mol. The molecule has 0 atom stereocenters. The van der Waals surface area contributed by atoms with E-state index in [1.165, 1.54) is 0 Å². The van der Waals surface area contributed by atoms with Crippen LogP contribution in [0.1, 0.15) is 20.3 Å². The van der Waals surface area contributed by atoms with Crippen molar-refractivity contribution in [1.82, 2.24) is 0 Å². The Morgan fingerprint density at radius 1 is 1.71 bits per heavy atom. The molecule has 0 heterocycles. The van der Waals surface area contributed by atoms with Crippen molar-refractivity contribution in [2.24, 2.45) is 0 Å². The van der Waals surface area contributed by atoms with Crippen molar-refractivity contribution in [3.8, 4) is 0 Å². The first-order valence-electron chi connectivity index (χ1n) is 2.55. The van der Waals surface area contributed by atoms with Crippen LogP contribution < -0.4 is 0 Å². The van der Waals surface area contributed by atoms with Crippen LogP contribution in [-0.4, -0.2) is 0 Å². The Hall–Kier alpha value is -0.520. The van der Waals surface area contributed by atoms with E-state index >= 15 is 0 Å². The lowest BCUT2D eigenvalue weighted by atomic mass is 10.2. The van der Waals surface area contributed by atoms with Gasteiger partial charge < -0.3 is 0 Å². The quantitative estimate of drug-likeness (QED) is 0.462. The molecule has 0 aliphatic heterocycles. The molecule has 39 valence electrons. The molecule has 0 aromatic rings. The lowest BCUT2D eigenvalue weighted by Crippen LogP contribution is -1.65. The second-order valence-corrected chi connectivity index (χ2v) is 1.43. The molecule has 0 rings (SSSR count). The summed E-state index contributed by atoms with van der Waals surface area (Å²) >= 11 is 0. The Bertz CT molecular complexity index is 78.0. The summed E-state index contributed by atoms with van der Waals surface area (Å²) in [6, 6.07) is 0. The van der Waals surface area contributed by atoms with E-state index in [2.05, 4.69) is 0 Å². The third kappa shape index (κ3) is 3.31. The standard InChI is InChI=1S/C7H11/c1-4-6-7(3)5-2/h3-4,6H,5H2,1-2H3. The Balaban J connectivity index is 3.37. The second-order valence-electron chi connectivity index (χ2n) is 1.43. The van der Waals surface area contributed by atoms with Gasteiger partial charge in [0.1, 0.15) is 0 Å². The molecule has 0 amide bonds. The summed E-state index contributed by atoms with van der Waals surface area (Å²) in [5.41, 5.74) is 0.947. The molecule has 0 spiro atoms. The van der Waals surface area contributed by atoms with Crippen molar-refractivity contribution in [1.29, 1.82) is 0 Å². The molecule has 0 aliphatic rings. The van der Waals surface area contributed by atoms with Crippen LogP contribution in [0.15, 0.2) is 17.7 Å². The van der Waals surface area contributed by atoms with Crippen LogP contribution in [0.5, 0.6) is 0 Å². The fourth-order valence-electron chi connectivity index (χ4n) is 0.332. The molecule has 0 N–H and O–H groups in total. The van der Waals surface area contributed by atoms with Gasteiger partial charge in [-0.25, -0.2) is 0 Å². The van der Waals surface area contributed by atoms with E-state index < -0.39 is 0 Å². The molecule has 0 unspecified atom stereocenters. The van der Waals surface area contributed by atoms with Crippen molar-refractivity contribution in [2.75, 3.05) is 0 Å². The molecule has 0 saturated carbocycles. The van der Waals surface area contributed by atoms with Gasteiger partial charge >= 0.3 is 0 Å². The topological polar surface area (TPSA) is 0 Å². The first kappa shape index (κ1) is 6.48. The van der Waals surface area contributed by atoms with Gasteiger partial charge in [0.15, 0.2) is 0 Å². The van der Waals surface area contributed by atoms with Gasteiger partial charge in [0.25, 0.3) is 0 Å². The first-order chi connectivity index (χ1) is 3.31. The lowest BCUT2D eigenvalue weighted by molar-refractivity contribution is 1.15. The van der Waals surface area contributed by atoms with Crippen LogP contribution in [0.2, 0.25) is 0 Å². The zero-order valence-corrected chi connectivity index (χ0v) is 4.94. The lowest BCUT2D eigenvalue weighted by Gasteiger charge is -1.85. The van der Waals surface area contributed by atoms with Gasteiger partial charge in [-0.15, -0.1) is 0 Å². The largest absolute Gasteiger partial charge is 0.0874 e. The molecule has 7 heavy (non-hydrogen) atoms. The van der Waals surface area contributed by atoms with E-state index in [0.717, 1.165) is 12.0 Å². The summed E-state index contributed by atoms with van der Waals surface area (Å²) in [4.78, 5) is 0. The maximum atomic E-state index is 5.41. The highest BCUT2D eigenvalue weighted by atomic mass is 13.8. The summed E-state index contributed by atoms with van der Waals surface area (Å²) in [5.74, 6) is 0. The number of hydrogen-bond donors (Lipinski definition) is 0. The smallest absolute Gasteiger partial charge is 0.0308 e. The molecule has 0 aromatic heterocycles. The minimum absolute atomic E-state index is 0.947. The van der Waals surface area contributed by atoms with Crippen LogP contribution in [0.3, 0.4) is 0 Å². The third-order valence-electron chi connectivity index (χ3n) is 0.789. The van der Waals surface area contributed by atoms with E-state index in [1.54, 1.807) is 0 Å². The first-order valence-corrected chi connectivity index (χ1v) is 2.55. The number of hydrogen-bond acceptors (Lipinski definition) is 0. The highest BCUT2D eigenvalue weighted by Gasteiger charge is 1.75. The normalized spacial score (nSPS) is 10.0. The van der Waals surface area contributed by atoms with E-state index in [0.29, 0.717) is 0 Å². The molecule has 0 fully saturated rings. The van der Waals surface area contributed by atoms with Gasteiger partial charge in [-0.3, -0.25) is 0 Å². The van der Waals surface area contributed by atoms with Crippen LogP contribution in [0, 0.1) is 6.58 Å². The van der Waals surface area contributed by atoms with Crippen LogP contribution in [0.25, 0.3) is 0 Å². The summed E-state index contributed by atoms with van der Waals surface area (Å²) in [5, 5.41) is 0. The molecular weight excluding hydrogens is 84.1 g/mol. The maximum Gasteiger partial charge on any atom is -0.0308 e. The van der Waals surface area contributed by atoms with Crippen molar-refractivity contribution in [2.45, 2.75) is 20.3 Å². The Labute approximate surface area is 45.5 Å². The fraction of sp³-hybridized carbons (Fsp3) is 0.429. The summed E-state index contributed by atoms with van der Waals surface area (Å²) in [7, 11) is 0. The number of rotatable bonds is 2. The van der Waals surface area contributed by atoms with Crippen molar-refractivity contribution in [3.05, 3.63) is 24.3 Å². The monoisotopic (exact) mass is 95.1 g/mol. The van der Waals surface area contributed by atoms with Crippen LogP contribution in [0.4, 0.5) is 0 Å². The summed E-state index contributed by atoms with van der Waals surface area (Å²) in [6.07, 6.45) is 4.81. The van der Waals surface area contributed by atoms with Gasteiger partial charge in [0.2, 0.25) is 0 Å². The molecule has 0 heteroatoms.